The van der Waals surface area contributed by atoms with Gasteiger partial charge in [-0.3, -0.25) is 0 Å². The standard InChI is InChI=1S/C12H20N2O2S.H2/c1-9(14-17(15)12(2,3)4)10-7-6-8-11(13-10)16-5;/h6-9,14H,1-5H3;1H/t9?,17-;/m1./s1. The summed E-state index contributed by atoms with van der Waals surface area (Å²) in [6.45, 7) is 7.73. The molecule has 5 heteroatoms. The highest BCUT2D eigenvalue weighted by Crippen LogP contribution is 2.17. The van der Waals surface area contributed by atoms with Crippen LogP contribution >= 0.6 is 0 Å². The SMILES string of the molecule is COc1cccc(C(C)N[S@](=O)C(C)(C)C)n1.[HH]. The molecule has 0 aliphatic heterocycles. The van der Waals surface area contributed by atoms with Crippen LogP contribution in [0.4, 0.5) is 0 Å². The fourth-order valence-electron chi connectivity index (χ4n) is 1.18. The number of methoxy groups -OCH3 is 1. The van der Waals surface area contributed by atoms with Crippen molar-refractivity contribution >= 4 is 11.0 Å². The molecule has 0 amide bonds. The van der Waals surface area contributed by atoms with Gasteiger partial charge in [-0.1, -0.05) is 6.07 Å². The van der Waals surface area contributed by atoms with E-state index in [1.807, 2.05) is 39.8 Å². The Bertz CT molecular complexity index is 407. The summed E-state index contributed by atoms with van der Waals surface area (Å²) in [5.74, 6) is 0.567. The number of hydrogen-bond acceptors (Lipinski definition) is 3. The molecule has 0 radical (unpaired) electrons. The Hall–Kier alpha value is -0.940. The van der Waals surface area contributed by atoms with Gasteiger partial charge < -0.3 is 4.74 Å². The van der Waals surface area contributed by atoms with E-state index in [1.54, 1.807) is 13.2 Å². The van der Waals surface area contributed by atoms with Gasteiger partial charge in [0, 0.05) is 7.49 Å². The van der Waals surface area contributed by atoms with Crippen LogP contribution in [-0.2, 0) is 11.0 Å². The van der Waals surface area contributed by atoms with Crippen molar-refractivity contribution < 1.29 is 10.4 Å². The maximum atomic E-state index is 11.9. The quantitative estimate of drug-likeness (QED) is 0.902. The van der Waals surface area contributed by atoms with E-state index in [9.17, 15) is 4.21 Å². The van der Waals surface area contributed by atoms with Gasteiger partial charge in [-0.25, -0.2) is 13.9 Å². The van der Waals surface area contributed by atoms with E-state index < -0.39 is 11.0 Å². The van der Waals surface area contributed by atoms with Crippen molar-refractivity contribution in [3.8, 4) is 5.88 Å². The van der Waals surface area contributed by atoms with Gasteiger partial charge in [-0.2, -0.15) is 0 Å². The molecular formula is C12H22N2O2S. The molecule has 1 aromatic heterocycles. The van der Waals surface area contributed by atoms with Gasteiger partial charge in [0.15, 0.2) is 0 Å². The van der Waals surface area contributed by atoms with Crippen LogP contribution in [0.2, 0.25) is 0 Å². The van der Waals surface area contributed by atoms with Crippen LogP contribution in [0.3, 0.4) is 0 Å². The monoisotopic (exact) mass is 258 g/mol. The summed E-state index contributed by atoms with van der Waals surface area (Å²) in [6, 6.07) is 5.47. The Morgan fingerprint density at radius 1 is 1.47 bits per heavy atom. The van der Waals surface area contributed by atoms with Crippen molar-refractivity contribution in [1.29, 1.82) is 0 Å². The average Bonchev–Trinajstić information content (AvgIpc) is 2.27. The molecule has 0 aliphatic carbocycles. The third-order valence-corrected chi connectivity index (χ3v) is 3.92. The van der Waals surface area contributed by atoms with E-state index in [0.29, 0.717) is 5.88 Å². The second-order valence-electron chi connectivity index (χ2n) is 4.83. The zero-order valence-electron chi connectivity index (χ0n) is 11.0. The molecule has 1 rings (SSSR count). The van der Waals surface area contributed by atoms with Crippen LogP contribution in [0.25, 0.3) is 0 Å². The molecule has 0 saturated carbocycles. The molecular weight excluding hydrogens is 236 g/mol. The van der Waals surface area contributed by atoms with Gasteiger partial charge in [-0.15, -0.1) is 0 Å². The molecule has 4 nitrogen and oxygen atoms in total. The van der Waals surface area contributed by atoms with E-state index in [0.717, 1.165) is 5.69 Å². The highest BCUT2D eigenvalue weighted by Gasteiger charge is 2.22. The Labute approximate surface area is 107 Å². The Kier molecular flexibility index (Phi) is 4.65. The number of nitrogens with one attached hydrogen (secondary N) is 1. The molecule has 0 fully saturated rings. The lowest BCUT2D eigenvalue weighted by Crippen LogP contribution is -2.35. The summed E-state index contributed by atoms with van der Waals surface area (Å²) in [4.78, 5) is 4.31. The molecule has 2 atom stereocenters. The summed E-state index contributed by atoms with van der Waals surface area (Å²) in [6.07, 6.45) is 0. The maximum absolute atomic E-state index is 11.9. The highest BCUT2D eigenvalue weighted by molar-refractivity contribution is 7.84. The normalized spacial score (nSPS) is 15.4. The first kappa shape index (κ1) is 14.1. The van der Waals surface area contributed by atoms with Gasteiger partial charge in [0.1, 0.15) is 0 Å². The number of rotatable bonds is 4. The third kappa shape index (κ3) is 4.09. The van der Waals surface area contributed by atoms with Crippen LogP contribution in [-0.4, -0.2) is 21.0 Å². The molecule has 0 aromatic carbocycles. The lowest BCUT2D eigenvalue weighted by Gasteiger charge is -2.21. The molecule has 0 bridgehead atoms. The number of nitrogens with zero attached hydrogens (tertiary/aromatic N) is 1. The first-order chi connectivity index (χ1) is 7.84. The molecule has 0 spiro atoms. The fraction of sp³-hybridized carbons (Fsp3) is 0.583. The van der Waals surface area contributed by atoms with Gasteiger partial charge in [0.05, 0.1) is 34.6 Å². The minimum Gasteiger partial charge on any atom is -0.481 e. The second-order valence-corrected chi connectivity index (χ2v) is 6.82. The predicted molar refractivity (Wildman–Crippen MR) is 72.3 cm³/mol. The van der Waals surface area contributed by atoms with Crippen LogP contribution < -0.4 is 9.46 Å². The highest BCUT2D eigenvalue weighted by atomic mass is 32.2. The first-order valence-electron chi connectivity index (χ1n) is 5.53. The van der Waals surface area contributed by atoms with E-state index in [-0.39, 0.29) is 12.2 Å². The third-order valence-electron chi connectivity index (χ3n) is 2.24. The lowest BCUT2D eigenvalue weighted by atomic mass is 10.2. The maximum Gasteiger partial charge on any atom is 0.213 e. The molecule has 1 heterocycles. The lowest BCUT2D eigenvalue weighted by molar-refractivity contribution is 0.395. The predicted octanol–water partition coefficient (Wildman–Crippen LogP) is 2.45. The minimum atomic E-state index is -1.11. The molecule has 98 valence electrons. The molecule has 0 saturated heterocycles. The van der Waals surface area contributed by atoms with Crippen molar-refractivity contribution in [3.05, 3.63) is 23.9 Å². The molecule has 0 aliphatic rings. The summed E-state index contributed by atoms with van der Waals surface area (Å²) in [7, 11) is 0.474. The summed E-state index contributed by atoms with van der Waals surface area (Å²) in [5.41, 5.74) is 0.821. The minimum absolute atomic E-state index is 0. The van der Waals surface area contributed by atoms with Crippen molar-refractivity contribution in [2.75, 3.05) is 7.11 Å². The number of aromatic nitrogens is 1. The van der Waals surface area contributed by atoms with Crippen molar-refractivity contribution in [2.24, 2.45) is 0 Å². The fourth-order valence-corrected chi connectivity index (χ4v) is 1.98. The van der Waals surface area contributed by atoms with Crippen LogP contribution in [0, 0.1) is 0 Å². The zero-order valence-corrected chi connectivity index (χ0v) is 11.8. The Morgan fingerprint density at radius 2 is 2.12 bits per heavy atom. The summed E-state index contributed by atoms with van der Waals surface area (Å²) < 4.78 is 19.8. The number of pyridine rings is 1. The topological polar surface area (TPSA) is 51.2 Å². The zero-order chi connectivity index (χ0) is 13.1. The Morgan fingerprint density at radius 3 is 2.65 bits per heavy atom. The van der Waals surface area contributed by atoms with E-state index in [2.05, 4.69) is 9.71 Å². The molecule has 1 N–H and O–H groups in total. The smallest absolute Gasteiger partial charge is 0.213 e. The van der Waals surface area contributed by atoms with Crippen LogP contribution in [0.1, 0.15) is 40.9 Å². The second kappa shape index (κ2) is 5.60. The van der Waals surface area contributed by atoms with E-state index in [4.69, 9.17) is 4.74 Å². The number of ether oxygens (including phenoxy) is 1. The summed E-state index contributed by atoms with van der Waals surface area (Å²) in [5, 5.41) is 0. The van der Waals surface area contributed by atoms with Gasteiger partial charge in [0.2, 0.25) is 5.88 Å². The van der Waals surface area contributed by atoms with Crippen molar-refractivity contribution in [1.82, 2.24) is 9.71 Å². The first-order valence-corrected chi connectivity index (χ1v) is 6.68. The van der Waals surface area contributed by atoms with Gasteiger partial charge in [-0.05, 0) is 33.8 Å². The molecule has 1 aromatic rings. The van der Waals surface area contributed by atoms with Crippen molar-refractivity contribution in [2.45, 2.75) is 38.5 Å². The number of hydrogen-bond donors (Lipinski definition) is 1. The van der Waals surface area contributed by atoms with Crippen molar-refractivity contribution in [3.63, 3.8) is 0 Å². The summed E-state index contributed by atoms with van der Waals surface area (Å²) >= 11 is 0. The molecule has 17 heavy (non-hydrogen) atoms. The van der Waals surface area contributed by atoms with Gasteiger partial charge >= 0.3 is 0 Å². The average molecular weight is 258 g/mol. The van der Waals surface area contributed by atoms with E-state index in [1.165, 1.54) is 0 Å². The Balaban J connectivity index is 0.00000289. The largest absolute Gasteiger partial charge is 0.481 e. The van der Waals surface area contributed by atoms with Crippen LogP contribution in [0.15, 0.2) is 18.2 Å². The van der Waals surface area contributed by atoms with Gasteiger partial charge in [0.25, 0.3) is 0 Å². The van der Waals surface area contributed by atoms with E-state index >= 15 is 0 Å². The van der Waals surface area contributed by atoms with Crippen LogP contribution in [0.5, 0.6) is 5.88 Å². The molecule has 1 unspecified atom stereocenters.